The number of alkyl halides is 2. The van der Waals surface area contributed by atoms with Gasteiger partial charge in [-0.1, -0.05) is 12.1 Å². The second-order valence-corrected chi connectivity index (χ2v) is 6.28. The van der Waals surface area contributed by atoms with Crippen LogP contribution >= 0.6 is 0 Å². The molecule has 0 atom stereocenters. The van der Waals surface area contributed by atoms with Gasteiger partial charge in [0, 0.05) is 6.20 Å². The number of nitrogens with one attached hydrogen (secondary N) is 1. The lowest BCUT2D eigenvalue weighted by Gasteiger charge is -2.27. The molecule has 2 aliphatic rings. The number of benzene rings is 2. The molecule has 2 aromatic carbocycles. The van der Waals surface area contributed by atoms with Gasteiger partial charge in [0.25, 0.3) is 0 Å². The van der Waals surface area contributed by atoms with E-state index in [1.807, 2.05) is 0 Å². The highest BCUT2D eigenvalue weighted by Gasteiger charge is 2.45. The van der Waals surface area contributed by atoms with E-state index in [1.165, 1.54) is 23.2 Å². The molecule has 0 fully saturated rings. The maximum absolute atomic E-state index is 13.6. The molecule has 0 saturated carbocycles. The number of rotatable bonds is 3. The summed E-state index contributed by atoms with van der Waals surface area (Å²) in [6, 6.07) is 12.4. The van der Waals surface area contributed by atoms with E-state index in [2.05, 4.69) is 20.0 Å². The predicted octanol–water partition coefficient (Wildman–Crippen LogP) is 4.21. The van der Waals surface area contributed by atoms with Crippen LogP contribution in [0.1, 0.15) is 5.69 Å². The van der Waals surface area contributed by atoms with E-state index in [9.17, 15) is 13.2 Å². The maximum Gasteiger partial charge on any atom is 0.586 e. The number of allylic oxidation sites excluding steroid dienone is 2. The average molecular weight is 398 g/mol. The summed E-state index contributed by atoms with van der Waals surface area (Å²) in [6.45, 7) is 0. The molecule has 0 saturated heterocycles. The molecule has 1 aromatic heterocycles. The molecule has 9 heteroatoms. The molecule has 0 unspecified atom stereocenters. The summed E-state index contributed by atoms with van der Waals surface area (Å²) in [4.78, 5) is 0. The van der Waals surface area contributed by atoms with Gasteiger partial charge in [-0.2, -0.15) is 5.10 Å². The van der Waals surface area contributed by atoms with Gasteiger partial charge >= 0.3 is 6.29 Å². The first-order valence-corrected chi connectivity index (χ1v) is 8.64. The van der Waals surface area contributed by atoms with Crippen LogP contribution in [0.3, 0.4) is 0 Å². The zero-order valence-electron chi connectivity index (χ0n) is 14.7. The number of ether oxygens (including phenoxy) is 2. The van der Waals surface area contributed by atoms with Gasteiger partial charge in [0.15, 0.2) is 11.5 Å². The highest BCUT2D eigenvalue weighted by Crippen LogP contribution is 2.47. The van der Waals surface area contributed by atoms with Crippen molar-refractivity contribution in [1.82, 2.24) is 15.2 Å². The number of hydrogen-bond acceptors (Lipinski definition) is 5. The van der Waals surface area contributed by atoms with Crippen LogP contribution in [0.25, 0.3) is 11.4 Å². The van der Waals surface area contributed by atoms with Crippen molar-refractivity contribution in [3.8, 4) is 17.2 Å². The number of halogens is 3. The lowest BCUT2D eigenvalue weighted by molar-refractivity contribution is -0.286. The van der Waals surface area contributed by atoms with Gasteiger partial charge in [-0.15, -0.1) is 8.78 Å². The van der Waals surface area contributed by atoms with E-state index in [4.69, 9.17) is 0 Å². The van der Waals surface area contributed by atoms with Gasteiger partial charge in [0.1, 0.15) is 11.5 Å². The third-order valence-electron chi connectivity index (χ3n) is 4.38. The Bertz CT molecular complexity index is 1160. The Hall–Kier alpha value is -3.88. The second kappa shape index (κ2) is 6.33. The van der Waals surface area contributed by atoms with Crippen LogP contribution in [-0.2, 0) is 0 Å². The molecule has 0 spiro atoms. The molecule has 3 aromatic rings. The third kappa shape index (κ3) is 3.06. The van der Waals surface area contributed by atoms with Crippen molar-refractivity contribution >= 4 is 11.4 Å². The molecule has 0 amide bonds. The van der Waals surface area contributed by atoms with Crippen molar-refractivity contribution in [2.24, 2.45) is 0 Å². The summed E-state index contributed by atoms with van der Waals surface area (Å²) in [5.74, 6) is -0.507. The standard InChI is InChI=1S/C20H13F3N4O2/c21-13-4-1-5-14(12-13)27-16(9-10-24-27)15-6-3-11-26(25-15)17-7-2-8-18-19(17)29-20(22,23)28-18/h1-12,25H. The van der Waals surface area contributed by atoms with Gasteiger partial charge < -0.3 is 9.47 Å². The average Bonchev–Trinajstić information content (AvgIpc) is 3.30. The van der Waals surface area contributed by atoms with Crippen molar-refractivity contribution in [2.45, 2.75) is 6.29 Å². The largest absolute Gasteiger partial charge is 0.586 e. The quantitative estimate of drug-likeness (QED) is 0.716. The molecular formula is C20H13F3N4O2. The number of para-hydroxylation sites is 1. The first-order chi connectivity index (χ1) is 14.0. The Morgan fingerprint density at radius 1 is 1.03 bits per heavy atom. The fraction of sp³-hybridized carbons (Fsp3) is 0.0500. The molecule has 3 heterocycles. The van der Waals surface area contributed by atoms with E-state index in [-0.39, 0.29) is 17.3 Å². The first kappa shape index (κ1) is 17.2. The maximum atomic E-state index is 13.6. The first-order valence-electron chi connectivity index (χ1n) is 8.64. The smallest absolute Gasteiger partial charge is 0.395 e. The molecule has 0 radical (unpaired) electrons. The number of fused-ring (bicyclic) bond motifs is 1. The summed E-state index contributed by atoms with van der Waals surface area (Å²) < 4.78 is 51.4. The lowest BCUT2D eigenvalue weighted by atomic mass is 10.2. The van der Waals surface area contributed by atoms with Crippen molar-refractivity contribution in [2.75, 3.05) is 5.01 Å². The summed E-state index contributed by atoms with van der Waals surface area (Å²) in [5, 5.41) is 5.79. The Morgan fingerprint density at radius 2 is 1.90 bits per heavy atom. The number of hydrazine groups is 1. The summed E-state index contributed by atoms with van der Waals surface area (Å²) in [7, 11) is 0. The Morgan fingerprint density at radius 3 is 2.76 bits per heavy atom. The fourth-order valence-corrected chi connectivity index (χ4v) is 3.18. The van der Waals surface area contributed by atoms with Crippen molar-refractivity contribution < 1.29 is 22.6 Å². The molecule has 2 aliphatic heterocycles. The minimum absolute atomic E-state index is 0.0522. The Balaban J connectivity index is 1.48. The van der Waals surface area contributed by atoms with E-state index < -0.39 is 6.29 Å². The van der Waals surface area contributed by atoms with E-state index in [1.54, 1.807) is 59.6 Å². The Kier molecular flexibility index (Phi) is 3.76. The molecule has 5 rings (SSSR count). The Labute approximate surface area is 163 Å². The molecule has 146 valence electrons. The van der Waals surface area contributed by atoms with Crippen LogP contribution in [0.15, 0.2) is 73.1 Å². The lowest BCUT2D eigenvalue weighted by Crippen LogP contribution is -2.34. The molecule has 1 N–H and O–H groups in total. The van der Waals surface area contributed by atoms with E-state index in [0.717, 1.165) is 0 Å². The topological polar surface area (TPSA) is 51.6 Å². The van der Waals surface area contributed by atoms with Gasteiger partial charge in [0.05, 0.1) is 23.3 Å². The monoisotopic (exact) mass is 398 g/mol. The zero-order valence-corrected chi connectivity index (χ0v) is 14.7. The van der Waals surface area contributed by atoms with Gasteiger partial charge in [-0.3, -0.25) is 10.4 Å². The zero-order chi connectivity index (χ0) is 20.0. The summed E-state index contributed by atoms with van der Waals surface area (Å²) in [6.07, 6.45) is 3.05. The van der Waals surface area contributed by atoms with Gasteiger partial charge in [-0.25, -0.2) is 9.07 Å². The van der Waals surface area contributed by atoms with Crippen molar-refractivity contribution in [3.05, 3.63) is 84.6 Å². The number of hydrogen-bond donors (Lipinski definition) is 1. The van der Waals surface area contributed by atoms with Crippen molar-refractivity contribution in [3.63, 3.8) is 0 Å². The van der Waals surface area contributed by atoms with Gasteiger partial charge in [0.2, 0.25) is 0 Å². The van der Waals surface area contributed by atoms with Crippen LogP contribution in [0.5, 0.6) is 11.5 Å². The predicted molar refractivity (Wildman–Crippen MR) is 98.9 cm³/mol. The minimum Gasteiger partial charge on any atom is -0.395 e. The molecule has 29 heavy (non-hydrogen) atoms. The normalized spacial score (nSPS) is 16.5. The third-order valence-corrected chi connectivity index (χ3v) is 4.38. The van der Waals surface area contributed by atoms with E-state index in [0.29, 0.717) is 22.8 Å². The van der Waals surface area contributed by atoms with E-state index >= 15 is 0 Å². The highest BCUT2D eigenvalue weighted by atomic mass is 19.3. The number of aromatic nitrogens is 2. The van der Waals surface area contributed by atoms with Crippen LogP contribution in [0, 0.1) is 5.82 Å². The molecule has 6 nitrogen and oxygen atoms in total. The van der Waals surface area contributed by atoms with Crippen LogP contribution in [-0.4, -0.2) is 16.1 Å². The highest BCUT2D eigenvalue weighted by molar-refractivity contribution is 5.73. The van der Waals surface area contributed by atoms with Crippen LogP contribution < -0.4 is 19.9 Å². The fourth-order valence-electron chi connectivity index (χ4n) is 3.18. The van der Waals surface area contributed by atoms with Crippen LogP contribution in [0.4, 0.5) is 18.9 Å². The second-order valence-electron chi connectivity index (χ2n) is 6.28. The number of anilines is 1. The SMILES string of the molecule is Fc1cccc(-n2nccc2C2=CC=CN(c3cccc4c3OC(F)(F)O4)N2)c1. The molecule has 0 aliphatic carbocycles. The summed E-state index contributed by atoms with van der Waals surface area (Å²) in [5.41, 5.74) is 5.29. The number of nitrogens with zero attached hydrogens (tertiary/aromatic N) is 3. The van der Waals surface area contributed by atoms with Crippen LogP contribution in [0.2, 0.25) is 0 Å². The van der Waals surface area contributed by atoms with Gasteiger partial charge in [-0.05, 0) is 48.6 Å². The molecular weight excluding hydrogens is 385 g/mol. The summed E-state index contributed by atoms with van der Waals surface area (Å²) >= 11 is 0. The minimum atomic E-state index is -3.72. The molecule has 0 bridgehead atoms. The van der Waals surface area contributed by atoms with Crippen molar-refractivity contribution in [1.29, 1.82) is 0 Å².